The van der Waals surface area contributed by atoms with Crippen LogP contribution in [0.5, 0.6) is 23.0 Å². The van der Waals surface area contributed by atoms with Crippen molar-refractivity contribution in [1.82, 2.24) is 0 Å². The van der Waals surface area contributed by atoms with Crippen LogP contribution in [0.1, 0.15) is 345 Å². The van der Waals surface area contributed by atoms with Crippen molar-refractivity contribution < 1.29 is 94.3 Å². The highest BCUT2D eigenvalue weighted by atomic mass is 31.2. The molecule has 0 N–H and O–H groups in total. The lowest BCUT2D eigenvalue weighted by molar-refractivity contribution is -0.0729. The van der Waals surface area contributed by atoms with Gasteiger partial charge in [0.1, 0.15) is 34.2 Å². The lowest BCUT2D eigenvalue weighted by Gasteiger charge is -2.42. The molecule has 3 spiro atoms. The molecular weight excluding hydrogens is 1850 g/mol. The molecule has 6 fully saturated rings. The maximum Gasteiger partial charge on any atom is 0.397 e. The normalized spacial score (nSPS) is 23.1. The van der Waals surface area contributed by atoms with Gasteiger partial charge in [-0.3, -0.25) is 4.52 Å². The third-order valence-electron chi connectivity index (χ3n) is 24.4. The summed E-state index contributed by atoms with van der Waals surface area (Å²) in [5.41, 5.74) is 17.0. The van der Waals surface area contributed by atoms with Crippen molar-refractivity contribution in [2.45, 2.75) is 349 Å². The zero-order chi connectivity index (χ0) is 101. The highest BCUT2D eigenvalue weighted by Crippen LogP contribution is 2.60. The molecule has 0 radical (unpaired) electrons. The van der Waals surface area contributed by atoms with Crippen LogP contribution < -0.4 is 22.6 Å². The molecular formula is C108H171O21P7. The second kappa shape index (κ2) is 47.3. The first-order valence-corrected chi connectivity index (χ1v) is 56.4. The first-order chi connectivity index (χ1) is 62.9. The Bertz CT molecular complexity index is 4670. The van der Waals surface area contributed by atoms with Crippen molar-refractivity contribution >= 4 is 81.8 Å². The standard InChI is InChI=1S/C36H57O3P.C35H54O6P2.C27H38O6P2.C7H14O6P2.C3H8/c1-15-17-18-24(16-2)23-37-40-38-31-27(19-25(33(3,4)5)21-29(31)35(9,10)11)28-20-26(34(6,7)8)22-30(32(28)39-40)36(12,13)14;1-23-15-25(31(3,4)5)29(26(16-23)32(6,7)8)40-42-36-19-35(20-37-42)21-38-43(39-22-35)41-30-27(33(9,10)11)17-24(2)18-28(30)34(12,13)14;1-19-9-11-23(21(13-19)25(3,4)5)32-34-28-15-27(16-29-34)17-30-35(31-18-27)33-24-12-10-20(2)14-22(24)26(6,7)8;1-8-14-10-3-7(4-11-14)5-12-15(9-2)13-6-7;1-3-2/h19-22,24H,15-18,23H2,1-14H3;15-18H,19-22H2,1-14H3;9-14H,15-18H2,1-8H3;3-6H2,1-2H3;3H2,1-2H3. The van der Waals surface area contributed by atoms with E-state index in [2.05, 4.69) is 336 Å². The van der Waals surface area contributed by atoms with E-state index in [0.717, 1.165) is 62.5 Å². The topological polar surface area (TPSA) is 202 Å². The summed E-state index contributed by atoms with van der Waals surface area (Å²) in [6.45, 7) is 90.7. The van der Waals surface area contributed by atoms with Gasteiger partial charge in [0.2, 0.25) is 0 Å². The molecule has 6 aromatic carbocycles. The number of hydrogen-bond acceptors (Lipinski definition) is 21. The van der Waals surface area contributed by atoms with Crippen molar-refractivity contribution in [3.05, 3.63) is 163 Å². The lowest BCUT2D eigenvalue weighted by Crippen LogP contribution is -2.45. The van der Waals surface area contributed by atoms with Gasteiger partial charge in [-0.05, 0) is 130 Å². The van der Waals surface area contributed by atoms with Crippen molar-refractivity contribution in [2.75, 3.05) is 100 Å². The lowest BCUT2D eigenvalue weighted by atomic mass is 9.77. The SMILES string of the molecule is CCC.CCCCC(CC)COp1oc2c(C(C)(C)C)cc(C(C)(C)C)cc2c2cc(C(C)(C)C)cc(C(C)(C)C)c2o1.COP1OCC2(CO1)COP(OC)OC2.Cc1cc(C(C)(C)C)c(OP2OCC3(CO2)COP(Oc2c(C(C)(C)C)cc(C)cc2C(C)(C)C)OC3)c(C(C)(C)C)c1.Cc1ccc(OP2OCC3(CO2)COP(Oc2ccc(C)cc2C(C)(C)C)OC3)c(C(C)(C)C)c1. The highest BCUT2D eigenvalue weighted by molar-refractivity contribution is 7.43. The fourth-order valence-corrected chi connectivity index (χ4v) is 24.0. The van der Waals surface area contributed by atoms with Crippen molar-refractivity contribution in [3.8, 4) is 23.0 Å². The number of rotatable bonds is 17. The van der Waals surface area contributed by atoms with Crippen LogP contribution in [0, 0.1) is 49.9 Å². The summed E-state index contributed by atoms with van der Waals surface area (Å²) >= 11 is 0. The van der Waals surface area contributed by atoms with E-state index in [1.165, 1.54) is 92.4 Å². The van der Waals surface area contributed by atoms with Crippen LogP contribution in [0.3, 0.4) is 0 Å². The maximum absolute atomic E-state index is 6.88. The number of unbranched alkanes of at least 4 members (excludes halogenated alkanes) is 1. The largest absolute Gasteiger partial charge is 0.426 e. The van der Waals surface area contributed by atoms with Crippen LogP contribution in [-0.4, -0.2) is 100 Å². The third-order valence-corrected chi connectivity index (χ3v) is 31.4. The Hall–Kier alpha value is -3.60. The molecule has 7 heterocycles. The van der Waals surface area contributed by atoms with E-state index in [1.54, 1.807) is 14.2 Å². The van der Waals surface area contributed by atoms with Gasteiger partial charge in [-0.2, -0.15) is 0 Å². The molecule has 6 aliphatic rings. The van der Waals surface area contributed by atoms with Crippen molar-refractivity contribution in [3.63, 3.8) is 0 Å². The van der Waals surface area contributed by atoms with Crippen LogP contribution >= 0.6 is 59.9 Å². The Morgan fingerprint density at radius 2 is 0.551 bits per heavy atom. The van der Waals surface area contributed by atoms with Crippen LogP contribution in [-0.2, 0) is 117 Å². The van der Waals surface area contributed by atoms with Gasteiger partial charge in [-0.1, -0.05) is 344 Å². The monoisotopic (exact) mass is 2020 g/mol. The molecule has 1 unspecified atom stereocenters. The van der Waals surface area contributed by atoms with Gasteiger partial charge >= 0.3 is 59.9 Å². The van der Waals surface area contributed by atoms with E-state index in [0.29, 0.717) is 91.8 Å². The van der Waals surface area contributed by atoms with Crippen molar-refractivity contribution in [2.24, 2.45) is 22.2 Å². The molecule has 0 aliphatic carbocycles. The Morgan fingerprint density at radius 3 is 0.787 bits per heavy atom. The second-order valence-corrected chi connectivity index (χ2v) is 56.7. The number of aryl methyl sites for hydroxylation is 4. The molecule has 1 atom stereocenters. The second-order valence-electron chi connectivity index (χ2n) is 48.4. The molecule has 764 valence electrons. The minimum Gasteiger partial charge on any atom is -0.426 e. The Morgan fingerprint density at radius 1 is 0.301 bits per heavy atom. The zero-order valence-corrected chi connectivity index (χ0v) is 96.9. The van der Waals surface area contributed by atoms with Gasteiger partial charge in [0.25, 0.3) is 0 Å². The number of fused-ring (bicyclic) bond motifs is 3. The minimum absolute atomic E-state index is 0.00823. The quantitative estimate of drug-likeness (QED) is 0.0778. The molecule has 7 aromatic rings. The van der Waals surface area contributed by atoms with E-state index >= 15 is 0 Å². The Kier molecular flexibility index (Phi) is 40.3. The van der Waals surface area contributed by atoms with E-state index in [-0.39, 0.29) is 65.0 Å². The van der Waals surface area contributed by atoms with Gasteiger partial charge in [0.15, 0.2) is 0 Å². The summed E-state index contributed by atoms with van der Waals surface area (Å²) in [4.78, 5) is 0. The first-order valence-electron chi connectivity index (χ1n) is 48.8. The van der Waals surface area contributed by atoms with Crippen LogP contribution in [0.4, 0.5) is 0 Å². The predicted molar refractivity (Wildman–Crippen MR) is 566 cm³/mol. The first kappa shape index (κ1) is 116. The fourth-order valence-electron chi connectivity index (χ4n) is 15.7. The van der Waals surface area contributed by atoms with Crippen molar-refractivity contribution in [1.29, 1.82) is 0 Å². The molecule has 28 heteroatoms. The molecule has 6 saturated heterocycles. The maximum atomic E-state index is 6.88. The van der Waals surface area contributed by atoms with Gasteiger partial charge in [-0.15, -0.1) is 0 Å². The Labute approximate surface area is 828 Å². The molecule has 13 rings (SSSR count). The smallest absolute Gasteiger partial charge is 0.397 e. The van der Waals surface area contributed by atoms with Gasteiger partial charge in [0, 0.05) is 69.5 Å². The van der Waals surface area contributed by atoms with Gasteiger partial charge < -0.3 is 89.8 Å². The Balaban J connectivity index is 0.000000210. The molecule has 0 bridgehead atoms. The van der Waals surface area contributed by atoms with Crippen LogP contribution in [0.15, 0.2) is 93.3 Å². The fraction of sp³-hybridized carbons (Fsp3) is 0.667. The molecule has 1 aromatic heterocycles. The van der Waals surface area contributed by atoms with E-state index in [1.807, 2.05) is 12.1 Å². The van der Waals surface area contributed by atoms with Gasteiger partial charge in [0.05, 0.1) is 102 Å². The predicted octanol–water partition coefficient (Wildman–Crippen LogP) is 33.7. The third kappa shape index (κ3) is 32.0. The highest BCUT2D eigenvalue weighted by Gasteiger charge is 2.49. The van der Waals surface area contributed by atoms with E-state index in [4.69, 9.17) is 94.3 Å². The molecule has 21 nitrogen and oxygen atoms in total. The summed E-state index contributed by atoms with van der Waals surface area (Å²) in [6, 6.07) is 30.7. The van der Waals surface area contributed by atoms with Crippen LogP contribution in [0.25, 0.3) is 21.9 Å². The summed E-state index contributed by atoms with van der Waals surface area (Å²) in [5.74, 6) is 3.88. The average Bonchev–Trinajstić information content (AvgIpc) is 1.54. The van der Waals surface area contributed by atoms with Gasteiger partial charge in [-0.25, -0.2) is 0 Å². The van der Waals surface area contributed by atoms with Crippen LogP contribution in [0.2, 0.25) is 0 Å². The summed E-state index contributed by atoms with van der Waals surface area (Å²) in [6.07, 6.45) is 5.95. The summed E-state index contributed by atoms with van der Waals surface area (Å²) < 4.78 is 127. The number of benzene rings is 6. The molecule has 0 saturated carbocycles. The molecule has 6 aliphatic heterocycles. The zero-order valence-electron chi connectivity index (χ0n) is 90.6. The molecule has 136 heavy (non-hydrogen) atoms. The minimum atomic E-state index is -1.63. The summed E-state index contributed by atoms with van der Waals surface area (Å²) in [7, 11) is -6.91. The molecule has 0 amide bonds. The summed E-state index contributed by atoms with van der Waals surface area (Å²) in [5, 5.41) is 2.24. The average molecular weight is 2020 g/mol. The van der Waals surface area contributed by atoms with E-state index < -0.39 is 65.3 Å². The van der Waals surface area contributed by atoms with E-state index in [9.17, 15) is 0 Å². The number of hydrogen-bond donors (Lipinski definition) is 0.